The first kappa shape index (κ1) is 18.5. The van der Waals surface area contributed by atoms with E-state index in [4.69, 9.17) is 5.73 Å². The van der Waals surface area contributed by atoms with Gasteiger partial charge >= 0.3 is 6.09 Å². The molecule has 1 heterocycles. The Balaban J connectivity index is 1.75. The Labute approximate surface area is 167 Å². The number of methoxy groups -OCH3 is 1. The number of nitrogens with zero attached hydrogens (tertiary/aromatic N) is 1. The predicted octanol–water partition coefficient (Wildman–Crippen LogP) is 4.25. The van der Waals surface area contributed by atoms with Gasteiger partial charge in [-0.05, 0) is 36.4 Å². The van der Waals surface area contributed by atoms with Gasteiger partial charge in [-0.3, -0.25) is 5.32 Å². The number of pyridine rings is 1. The van der Waals surface area contributed by atoms with Crippen LogP contribution >= 0.6 is 0 Å². The third kappa shape index (κ3) is 3.76. The van der Waals surface area contributed by atoms with Crippen LogP contribution in [0, 0.1) is 0 Å². The fraction of sp³-hybridized carbons (Fsp3) is 0.0909. The Kier molecular flexibility index (Phi) is 4.88. The number of ether oxygens (including phenoxy) is 1. The quantitative estimate of drug-likeness (QED) is 0.236. The van der Waals surface area contributed by atoms with Crippen molar-refractivity contribution >= 4 is 45.0 Å². The Morgan fingerprint density at radius 3 is 2.66 bits per heavy atom. The van der Waals surface area contributed by atoms with Gasteiger partial charge in [-0.1, -0.05) is 30.3 Å². The van der Waals surface area contributed by atoms with Crippen molar-refractivity contribution in [3.8, 4) is 0 Å². The molecule has 1 amide bonds. The van der Waals surface area contributed by atoms with E-state index in [1.807, 2.05) is 30.3 Å². The third-order valence-electron chi connectivity index (χ3n) is 4.62. The van der Waals surface area contributed by atoms with Gasteiger partial charge < -0.3 is 20.9 Å². The van der Waals surface area contributed by atoms with Crippen LogP contribution in [-0.2, 0) is 4.74 Å². The lowest BCUT2D eigenvalue weighted by Crippen LogP contribution is -2.13. The maximum atomic E-state index is 11.4. The number of nitrogen functional groups attached to an aromatic ring is 1. The normalized spacial score (nSPS) is 11.9. The zero-order valence-electron chi connectivity index (χ0n) is 15.7. The maximum absolute atomic E-state index is 11.4. The first-order chi connectivity index (χ1) is 14.0. The van der Waals surface area contributed by atoms with Crippen LogP contribution in [0.25, 0.3) is 21.8 Å². The molecule has 4 rings (SSSR count). The van der Waals surface area contributed by atoms with Gasteiger partial charge in [0.25, 0.3) is 0 Å². The molecule has 3 aromatic carbocycles. The van der Waals surface area contributed by atoms with E-state index in [2.05, 4.69) is 20.4 Å². The molecule has 29 heavy (non-hydrogen) atoms. The topological polar surface area (TPSA) is 110 Å². The second kappa shape index (κ2) is 7.65. The molecular weight excluding hydrogens is 368 g/mol. The summed E-state index contributed by atoms with van der Waals surface area (Å²) in [4.78, 5) is 16.1. The average molecular weight is 388 g/mol. The van der Waals surface area contributed by atoms with Crippen molar-refractivity contribution in [2.45, 2.75) is 6.23 Å². The molecule has 0 saturated carbocycles. The van der Waals surface area contributed by atoms with Crippen molar-refractivity contribution < 1.29 is 14.6 Å². The summed E-state index contributed by atoms with van der Waals surface area (Å²) in [6, 6.07) is 20.1. The van der Waals surface area contributed by atoms with Crippen LogP contribution in [0.5, 0.6) is 0 Å². The van der Waals surface area contributed by atoms with E-state index in [9.17, 15) is 9.90 Å². The first-order valence-electron chi connectivity index (χ1n) is 9.02. The molecule has 0 aliphatic carbocycles. The van der Waals surface area contributed by atoms with Gasteiger partial charge in [-0.2, -0.15) is 0 Å². The van der Waals surface area contributed by atoms with E-state index in [1.54, 1.807) is 36.4 Å². The van der Waals surface area contributed by atoms with E-state index >= 15 is 0 Å². The van der Waals surface area contributed by atoms with Crippen molar-refractivity contribution in [3.63, 3.8) is 0 Å². The number of hydrogen-bond acceptors (Lipinski definition) is 6. The summed E-state index contributed by atoms with van der Waals surface area (Å²) < 4.78 is 4.61. The minimum atomic E-state index is -1.01. The average Bonchev–Trinajstić information content (AvgIpc) is 2.73. The second-order valence-corrected chi connectivity index (χ2v) is 6.57. The number of aliphatic hydroxyl groups excluding tert-OH is 1. The standard InChI is InChI=1S/C22H20N4O3/c1-29-22(28)24-15-6-4-5-13(11-15)21(27)26-20-16-7-2-3-8-18(16)25-19-12-14(23)9-10-17(19)20/h2-12,21,27H,23H2,1H3,(H,24,28)(H,25,26). The summed E-state index contributed by atoms with van der Waals surface area (Å²) in [5, 5.41) is 18.4. The molecule has 4 aromatic rings. The van der Waals surface area contributed by atoms with Crippen LogP contribution in [0.1, 0.15) is 11.8 Å². The number of nitrogens with one attached hydrogen (secondary N) is 2. The number of amides is 1. The van der Waals surface area contributed by atoms with Gasteiger partial charge in [0, 0.05) is 27.7 Å². The van der Waals surface area contributed by atoms with Gasteiger partial charge in [0.05, 0.1) is 23.8 Å². The number of benzene rings is 3. The van der Waals surface area contributed by atoms with E-state index < -0.39 is 12.3 Å². The molecule has 7 nitrogen and oxygen atoms in total. The van der Waals surface area contributed by atoms with Crippen LogP contribution in [0.4, 0.5) is 21.9 Å². The van der Waals surface area contributed by atoms with Gasteiger partial charge in [0.1, 0.15) is 0 Å². The number of carbonyl (C=O) groups is 1. The monoisotopic (exact) mass is 388 g/mol. The predicted molar refractivity (Wildman–Crippen MR) is 115 cm³/mol. The van der Waals surface area contributed by atoms with Gasteiger partial charge in [-0.25, -0.2) is 9.78 Å². The zero-order valence-corrected chi connectivity index (χ0v) is 15.7. The molecule has 0 spiro atoms. The highest BCUT2D eigenvalue weighted by Crippen LogP contribution is 2.34. The minimum absolute atomic E-state index is 0.521. The largest absolute Gasteiger partial charge is 0.453 e. The molecular formula is C22H20N4O3. The number of carbonyl (C=O) groups excluding carboxylic acids is 1. The molecule has 0 bridgehead atoms. The Bertz CT molecular complexity index is 1210. The van der Waals surface area contributed by atoms with Gasteiger partial charge in [-0.15, -0.1) is 0 Å². The molecule has 0 radical (unpaired) electrons. The summed E-state index contributed by atoms with van der Waals surface area (Å²) in [7, 11) is 1.29. The minimum Gasteiger partial charge on any atom is -0.453 e. The number of aliphatic hydroxyl groups is 1. The summed E-state index contributed by atoms with van der Waals surface area (Å²) in [6.07, 6.45) is -1.59. The van der Waals surface area contributed by atoms with Gasteiger partial charge in [0.15, 0.2) is 6.23 Å². The van der Waals surface area contributed by atoms with Crippen molar-refractivity contribution in [2.75, 3.05) is 23.5 Å². The molecule has 1 unspecified atom stereocenters. The number of rotatable bonds is 4. The van der Waals surface area contributed by atoms with E-state index in [0.29, 0.717) is 16.9 Å². The van der Waals surface area contributed by atoms with Crippen LogP contribution < -0.4 is 16.4 Å². The van der Waals surface area contributed by atoms with Crippen molar-refractivity contribution in [1.29, 1.82) is 0 Å². The fourth-order valence-corrected chi connectivity index (χ4v) is 3.24. The molecule has 146 valence electrons. The van der Waals surface area contributed by atoms with Crippen molar-refractivity contribution in [2.24, 2.45) is 0 Å². The zero-order chi connectivity index (χ0) is 20.4. The Morgan fingerprint density at radius 1 is 1.03 bits per heavy atom. The van der Waals surface area contributed by atoms with Gasteiger partial charge in [0.2, 0.25) is 0 Å². The van der Waals surface area contributed by atoms with Crippen LogP contribution in [0.15, 0.2) is 66.7 Å². The highest BCUT2D eigenvalue weighted by Gasteiger charge is 2.14. The van der Waals surface area contributed by atoms with Crippen molar-refractivity contribution in [1.82, 2.24) is 4.98 Å². The van der Waals surface area contributed by atoms with Crippen LogP contribution in [0.2, 0.25) is 0 Å². The first-order valence-corrected chi connectivity index (χ1v) is 9.02. The third-order valence-corrected chi connectivity index (χ3v) is 4.62. The number of hydrogen-bond donors (Lipinski definition) is 4. The van der Waals surface area contributed by atoms with Crippen molar-refractivity contribution in [3.05, 3.63) is 72.3 Å². The number of fused-ring (bicyclic) bond motifs is 2. The fourth-order valence-electron chi connectivity index (χ4n) is 3.24. The maximum Gasteiger partial charge on any atom is 0.411 e. The Morgan fingerprint density at radius 2 is 1.83 bits per heavy atom. The summed E-state index contributed by atoms with van der Waals surface area (Å²) >= 11 is 0. The molecule has 1 aromatic heterocycles. The molecule has 1 atom stereocenters. The van der Waals surface area contributed by atoms with E-state index in [1.165, 1.54) is 7.11 Å². The van der Waals surface area contributed by atoms with Crippen LogP contribution in [-0.4, -0.2) is 23.3 Å². The summed E-state index contributed by atoms with van der Waals surface area (Å²) in [6.45, 7) is 0. The number of aromatic nitrogens is 1. The molecule has 5 N–H and O–H groups in total. The van der Waals surface area contributed by atoms with E-state index in [-0.39, 0.29) is 0 Å². The molecule has 7 heteroatoms. The van der Waals surface area contributed by atoms with Crippen LogP contribution in [0.3, 0.4) is 0 Å². The summed E-state index contributed by atoms with van der Waals surface area (Å²) in [5.74, 6) is 0. The number of anilines is 3. The highest BCUT2D eigenvalue weighted by molar-refractivity contribution is 6.08. The lowest BCUT2D eigenvalue weighted by atomic mass is 10.1. The smallest absolute Gasteiger partial charge is 0.411 e. The number of nitrogens with two attached hydrogens (primary N) is 1. The lowest BCUT2D eigenvalue weighted by molar-refractivity contribution is 0.187. The molecule has 0 fully saturated rings. The van der Waals surface area contributed by atoms with E-state index in [0.717, 1.165) is 27.5 Å². The number of para-hydroxylation sites is 1. The molecule has 0 saturated heterocycles. The molecule has 0 aliphatic rings. The highest BCUT2D eigenvalue weighted by atomic mass is 16.5. The second-order valence-electron chi connectivity index (χ2n) is 6.57. The lowest BCUT2D eigenvalue weighted by Gasteiger charge is -2.19. The SMILES string of the molecule is COC(=O)Nc1cccc(C(O)Nc2c3ccccc3nc3cc(N)ccc23)c1. The molecule has 0 aliphatic heterocycles. The summed E-state index contributed by atoms with van der Waals surface area (Å²) in [5.41, 5.74) is 9.93. The Hall–Kier alpha value is -3.84.